The van der Waals surface area contributed by atoms with Gasteiger partial charge in [-0.2, -0.15) is 5.10 Å². The maximum Gasteiger partial charge on any atom is 0.146 e. The minimum atomic E-state index is -0.194. The predicted molar refractivity (Wildman–Crippen MR) is 89.1 cm³/mol. The summed E-state index contributed by atoms with van der Waals surface area (Å²) in [5, 5.41) is 12.5. The van der Waals surface area contributed by atoms with Crippen LogP contribution in [0.1, 0.15) is 23.0 Å². The minimum absolute atomic E-state index is 0.194. The van der Waals surface area contributed by atoms with E-state index >= 15 is 0 Å². The first-order valence-electron chi connectivity index (χ1n) is 7.46. The lowest BCUT2D eigenvalue weighted by Gasteiger charge is -2.14. The van der Waals surface area contributed by atoms with Crippen molar-refractivity contribution in [1.82, 2.24) is 34.5 Å². The van der Waals surface area contributed by atoms with Crippen molar-refractivity contribution in [3.05, 3.63) is 60.2 Å². The van der Waals surface area contributed by atoms with Gasteiger partial charge in [0.15, 0.2) is 0 Å². The first-order chi connectivity index (χ1) is 11.6. The summed E-state index contributed by atoms with van der Waals surface area (Å²) in [4.78, 5) is 9.27. The van der Waals surface area contributed by atoms with Gasteiger partial charge >= 0.3 is 0 Å². The molecule has 4 rings (SSSR count). The SMILES string of the molecule is Cn1cc([C@H](c2cnc3cc(N)ccc3n2)c2nncn2C)cn1. The van der Waals surface area contributed by atoms with E-state index in [1.807, 2.05) is 49.3 Å². The topological polar surface area (TPSA) is 100 Å². The molecule has 0 saturated carbocycles. The fourth-order valence-corrected chi connectivity index (χ4v) is 2.78. The van der Waals surface area contributed by atoms with E-state index in [-0.39, 0.29) is 5.92 Å². The Bertz CT molecular complexity index is 1020. The molecule has 0 aliphatic heterocycles. The van der Waals surface area contributed by atoms with Crippen molar-refractivity contribution in [3.8, 4) is 0 Å². The molecule has 0 spiro atoms. The Morgan fingerprint density at radius 3 is 2.71 bits per heavy atom. The summed E-state index contributed by atoms with van der Waals surface area (Å²) in [5.74, 6) is 0.591. The monoisotopic (exact) mass is 320 g/mol. The zero-order valence-electron chi connectivity index (χ0n) is 13.3. The molecule has 0 unspecified atom stereocenters. The highest BCUT2D eigenvalue weighted by molar-refractivity contribution is 5.78. The number of anilines is 1. The third-order valence-electron chi connectivity index (χ3n) is 3.94. The highest BCUT2D eigenvalue weighted by atomic mass is 15.3. The summed E-state index contributed by atoms with van der Waals surface area (Å²) in [6.07, 6.45) is 7.20. The molecule has 0 aliphatic rings. The predicted octanol–water partition coefficient (Wildman–Crippen LogP) is 1.25. The van der Waals surface area contributed by atoms with Gasteiger partial charge < -0.3 is 10.3 Å². The third kappa shape index (κ3) is 2.37. The van der Waals surface area contributed by atoms with Crippen LogP contribution in [0.4, 0.5) is 5.69 Å². The van der Waals surface area contributed by atoms with Crippen LogP contribution in [0, 0.1) is 0 Å². The molecule has 1 aromatic carbocycles. The number of nitrogen functional groups attached to an aromatic ring is 1. The standard InChI is InChI=1S/C16H16N8/c1-23-9-19-22-16(23)15(10-6-20-24(2)8-10)14-7-18-13-5-11(17)3-4-12(13)21-14/h3-9,15H,17H2,1-2H3/t15-/m1/s1. The number of benzene rings is 1. The minimum Gasteiger partial charge on any atom is -0.399 e. The van der Waals surface area contributed by atoms with Crippen LogP contribution in [0.25, 0.3) is 11.0 Å². The van der Waals surface area contributed by atoms with E-state index < -0.39 is 0 Å². The first-order valence-corrected chi connectivity index (χ1v) is 7.46. The van der Waals surface area contributed by atoms with E-state index in [4.69, 9.17) is 10.7 Å². The maximum atomic E-state index is 5.81. The van der Waals surface area contributed by atoms with E-state index in [1.165, 1.54) is 0 Å². The molecule has 8 nitrogen and oxygen atoms in total. The van der Waals surface area contributed by atoms with Crippen LogP contribution < -0.4 is 5.73 Å². The molecule has 3 heterocycles. The fourth-order valence-electron chi connectivity index (χ4n) is 2.78. The number of nitrogens with zero attached hydrogens (tertiary/aromatic N) is 7. The quantitative estimate of drug-likeness (QED) is 0.570. The Kier molecular flexibility index (Phi) is 3.23. The van der Waals surface area contributed by atoms with E-state index in [1.54, 1.807) is 17.2 Å². The number of rotatable bonds is 3. The largest absolute Gasteiger partial charge is 0.399 e. The highest BCUT2D eigenvalue weighted by Crippen LogP contribution is 2.29. The molecular weight excluding hydrogens is 304 g/mol. The van der Waals surface area contributed by atoms with Gasteiger partial charge in [0.1, 0.15) is 12.2 Å². The summed E-state index contributed by atoms with van der Waals surface area (Å²) in [6, 6.07) is 5.51. The van der Waals surface area contributed by atoms with Crippen molar-refractivity contribution in [2.24, 2.45) is 14.1 Å². The van der Waals surface area contributed by atoms with Gasteiger partial charge in [0, 0.05) is 31.5 Å². The van der Waals surface area contributed by atoms with Gasteiger partial charge in [-0.1, -0.05) is 0 Å². The molecule has 24 heavy (non-hydrogen) atoms. The number of hydrogen-bond acceptors (Lipinski definition) is 6. The van der Waals surface area contributed by atoms with Crippen molar-refractivity contribution in [2.75, 3.05) is 5.73 Å². The molecule has 2 N–H and O–H groups in total. The average Bonchev–Trinajstić information content (AvgIpc) is 3.17. The van der Waals surface area contributed by atoms with Gasteiger partial charge in [0.05, 0.1) is 35.0 Å². The molecule has 8 heteroatoms. The summed E-state index contributed by atoms with van der Waals surface area (Å²) in [6.45, 7) is 0. The van der Waals surface area contributed by atoms with E-state index in [2.05, 4.69) is 20.3 Å². The van der Waals surface area contributed by atoms with Crippen molar-refractivity contribution < 1.29 is 0 Å². The smallest absolute Gasteiger partial charge is 0.146 e. The molecule has 3 aromatic heterocycles. The van der Waals surface area contributed by atoms with Crippen molar-refractivity contribution >= 4 is 16.7 Å². The van der Waals surface area contributed by atoms with Crippen LogP contribution in [0.5, 0.6) is 0 Å². The second-order valence-corrected chi connectivity index (χ2v) is 5.72. The fraction of sp³-hybridized carbons (Fsp3) is 0.188. The van der Waals surface area contributed by atoms with Crippen LogP contribution >= 0.6 is 0 Å². The van der Waals surface area contributed by atoms with Gasteiger partial charge in [0.25, 0.3) is 0 Å². The molecule has 0 aliphatic carbocycles. The Labute approximate surface area is 138 Å². The van der Waals surface area contributed by atoms with Crippen LogP contribution in [-0.2, 0) is 14.1 Å². The second kappa shape index (κ2) is 5.41. The molecule has 0 amide bonds. The van der Waals surface area contributed by atoms with Gasteiger partial charge in [-0.3, -0.25) is 9.67 Å². The van der Waals surface area contributed by atoms with Gasteiger partial charge in [-0.05, 0) is 18.2 Å². The zero-order valence-corrected chi connectivity index (χ0v) is 13.3. The maximum absolute atomic E-state index is 5.81. The van der Waals surface area contributed by atoms with E-state index in [9.17, 15) is 0 Å². The number of hydrogen-bond donors (Lipinski definition) is 1. The second-order valence-electron chi connectivity index (χ2n) is 5.72. The molecule has 1 atom stereocenters. The molecule has 0 saturated heterocycles. The summed E-state index contributed by atoms with van der Waals surface area (Å²) >= 11 is 0. The Morgan fingerprint density at radius 1 is 1.12 bits per heavy atom. The lowest BCUT2D eigenvalue weighted by Crippen LogP contribution is -2.11. The van der Waals surface area contributed by atoms with Crippen LogP contribution in [0.2, 0.25) is 0 Å². The Morgan fingerprint density at radius 2 is 2.00 bits per heavy atom. The number of aryl methyl sites for hydroxylation is 2. The van der Waals surface area contributed by atoms with Gasteiger partial charge in [0.2, 0.25) is 0 Å². The molecule has 4 aromatic rings. The normalized spacial score (nSPS) is 12.6. The van der Waals surface area contributed by atoms with Gasteiger partial charge in [-0.15, -0.1) is 10.2 Å². The lowest BCUT2D eigenvalue weighted by molar-refractivity contribution is 0.741. The van der Waals surface area contributed by atoms with E-state index in [0.29, 0.717) is 5.69 Å². The average molecular weight is 320 g/mol. The third-order valence-corrected chi connectivity index (χ3v) is 3.94. The molecule has 0 fully saturated rings. The highest BCUT2D eigenvalue weighted by Gasteiger charge is 2.25. The first kappa shape index (κ1) is 14.3. The summed E-state index contributed by atoms with van der Waals surface area (Å²) < 4.78 is 3.64. The molecule has 0 bridgehead atoms. The van der Waals surface area contributed by atoms with Crippen molar-refractivity contribution in [3.63, 3.8) is 0 Å². The number of fused-ring (bicyclic) bond motifs is 1. The Balaban J connectivity index is 1.90. The number of nitrogens with two attached hydrogens (primary N) is 1. The van der Waals surface area contributed by atoms with Crippen molar-refractivity contribution in [2.45, 2.75) is 5.92 Å². The van der Waals surface area contributed by atoms with Crippen molar-refractivity contribution in [1.29, 1.82) is 0 Å². The molecule has 120 valence electrons. The Hall–Kier alpha value is -3.29. The molecule has 0 radical (unpaired) electrons. The van der Waals surface area contributed by atoms with Crippen LogP contribution in [-0.4, -0.2) is 34.5 Å². The molecular formula is C16H16N8. The summed E-state index contributed by atoms with van der Waals surface area (Å²) in [5.41, 5.74) is 9.81. The van der Waals surface area contributed by atoms with Crippen LogP contribution in [0.3, 0.4) is 0 Å². The van der Waals surface area contributed by atoms with E-state index in [0.717, 1.165) is 28.1 Å². The van der Waals surface area contributed by atoms with Crippen LogP contribution in [0.15, 0.2) is 43.1 Å². The summed E-state index contributed by atoms with van der Waals surface area (Å²) in [7, 11) is 3.79. The zero-order chi connectivity index (χ0) is 16.7. The number of aromatic nitrogens is 7. The van der Waals surface area contributed by atoms with Gasteiger partial charge in [-0.25, -0.2) is 4.98 Å². The lowest BCUT2D eigenvalue weighted by atomic mass is 9.98.